The molecule has 1 aromatic heterocycles. The Bertz CT molecular complexity index is 357. The molecule has 1 rings (SSSR count). The fourth-order valence-electron chi connectivity index (χ4n) is 1.58. The highest BCUT2D eigenvalue weighted by atomic mass is 35.5. The number of rotatable bonds is 7. The molecule has 0 aliphatic carbocycles. The summed E-state index contributed by atoms with van der Waals surface area (Å²) in [5.74, 6) is 0.980. The van der Waals surface area contributed by atoms with Crippen LogP contribution >= 0.6 is 24.8 Å². The molecule has 1 atom stereocenters. The predicted octanol–water partition coefficient (Wildman–Crippen LogP) is 1.67. The van der Waals surface area contributed by atoms with Gasteiger partial charge in [0, 0.05) is 25.5 Å². The number of nitrogens with two attached hydrogens (primary N) is 1. The van der Waals surface area contributed by atoms with Crippen molar-refractivity contribution in [3.8, 4) is 0 Å². The van der Waals surface area contributed by atoms with Crippen molar-refractivity contribution in [2.75, 3.05) is 6.54 Å². The second kappa shape index (κ2) is 11.1. The van der Waals surface area contributed by atoms with E-state index in [0.717, 1.165) is 25.2 Å². The second-order valence-electron chi connectivity index (χ2n) is 4.18. The Morgan fingerprint density at radius 1 is 1.47 bits per heavy atom. The number of nitrogens with zero attached hydrogens (tertiary/aromatic N) is 2. The molecule has 0 aromatic carbocycles. The fraction of sp³-hybridized carbons (Fsp3) is 0.667. The first-order valence-corrected chi connectivity index (χ1v) is 6.16. The van der Waals surface area contributed by atoms with Crippen LogP contribution in [0.25, 0.3) is 0 Å². The Kier molecular flexibility index (Phi) is 12.0. The third-order valence-corrected chi connectivity index (χ3v) is 2.83. The zero-order valence-corrected chi connectivity index (χ0v) is 13.1. The van der Waals surface area contributed by atoms with E-state index < -0.39 is 0 Å². The summed E-state index contributed by atoms with van der Waals surface area (Å²) in [5.41, 5.74) is 5.60. The number of imidazole rings is 1. The van der Waals surface area contributed by atoms with Gasteiger partial charge in [0.05, 0.1) is 6.04 Å². The van der Waals surface area contributed by atoms with Crippen molar-refractivity contribution in [3.05, 3.63) is 18.2 Å². The maximum atomic E-state index is 11.4. The fourth-order valence-corrected chi connectivity index (χ4v) is 1.58. The second-order valence-corrected chi connectivity index (χ2v) is 4.18. The van der Waals surface area contributed by atoms with Crippen LogP contribution < -0.4 is 11.1 Å². The molecule has 19 heavy (non-hydrogen) atoms. The van der Waals surface area contributed by atoms with Gasteiger partial charge in [-0.2, -0.15) is 0 Å². The van der Waals surface area contributed by atoms with Crippen LogP contribution in [0.5, 0.6) is 0 Å². The van der Waals surface area contributed by atoms with Gasteiger partial charge in [-0.15, -0.1) is 24.8 Å². The van der Waals surface area contributed by atoms with Crippen molar-refractivity contribution in [1.82, 2.24) is 14.9 Å². The SMILES string of the molecule is CC[C@H](N)C(=O)NCCCCn1ccnc1C.Cl.Cl. The van der Waals surface area contributed by atoms with Gasteiger partial charge in [0.15, 0.2) is 0 Å². The number of carbonyl (C=O) groups is 1. The minimum Gasteiger partial charge on any atom is -0.355 e. The number of hydrogen-bond acceptors (Lipinski definition) is 3. The van der Waals surface area contributed by atoms with E-state index in [2.05, 4.69) is 14.9 Å². The van der Waals surface area contributed by atoms with E-state index in [4.69, 9.17) is 5.73 Å². The first kappa shape index (κ1) is 20.5. The van der Waals surface area contributed by atoms with Gasteiger partial charge in [0.2, 0.25) is 5.91 Å². The van der Waals surface area contributed by atoms with E-state index in [1.54, 1.807) is 6.20 Å². The van der Waals surface area contributed by atoms with Crippen LogP contribution in [0.2, 0.25) is 0 Å². The zero-order valence-electron chi connectivity index (χ0n) is 11.5. The summed E-state index contributed by atoms with van der Waals surface area (Å²) in [4.78, 5) is 15.5. The molecule has 112 valence electrons. The molecule has 0 saturated carbocycles. The molecule has 0 aliphatic rings. The van der Waals surface area contributed by atoms with Gasteiger partial charge in [-0.1, -0.05) is 6.92 Å². The maximum Gasteiger partial charge on any atom is 0.236 e. The molecule has 5 nitrogen and oxygen atoms in total. The third kappa shape index (κ3) is 7.40. The predicted molar refractivity (Wildman–Crippen MR) is 82.0 cm³/mol. The summed E-state index contributed by atoms with van der Waals surface area (Å²) in [6.07, 6.45) is 6.44. The molecule has 0 spiro atoms. The van der Waals surface area contributed by atoms with E-state index >= 15 is 0 Å². The van der Waals surface area contributed by atoms with Crippen molar-refractivity contribution in [2.45, 2.75) is 45.7 Å². The van der Waals surface area contributed by atoms with E-state index in [1.165, 1.54) is 0 Å². The summed E-state index contributed by atoms with van der Waals surface area (Å²) in [6.45, 7) is 5.54. The molecule has 3 N–H and O–H groups in total. The van der Waals surface area contributed by atoms with Crippen molar-refractivity contribution in [1.29, 1.82) is 0 Å². The van der Waals surface area contributed by atoms with Gasteiger partial charge in [-0.3, -0.25) is 4.79 Å². The molecular weight excluding hydrogens is 287 g/mol. The van der Waals surface area contributed by atoms with Crippen molar-refractivity contribution in [3.63, 3.8) is 0 Å². The van der Waals surface area contributed by atoms with Gasteiger partial charge in [-0.25, -0.2) is 4.98 Å². The van der Waals surface area contributed by atoms with Crippen molar-refractivity contribution < 1.29 is 4.79 Å². The Balaban J connectivity index is 0. The molecule has 0 aliphatic heterocycles. The first-order valence-electron chi connectivity index (χ1n) is 6.16. The topological polar surface area (TPSA) is 72.9 Å². The highest BCUT2D eigenvalue weighted by molar-refractivity contribution is 5.85. The van der Waals surface area contributed by atoms with Crippen LogP contribution in [0, 0.1) is 6.92 Å². The van der Waals surface area contributed by atoms with Crippen molar-refractivity contribution >= 4 is 30.7 Å². The lowest BCUT2D eigenvalue weighted by Crippen LogP contribution is -2.40. The van der Waals surface area contributed by atoms with Crippen molar-refractivity contribution in [2.24, 2.45) is 5.73 Å². The average molecular weight is 311 g/mol. The number of carbonyl (C=O) groups excluding carboxylic acids is 1. The van der Waals surface area contributed by atoms with Crippen LogP contribution in [0.3, 0.4) is 0 Å². The summed E-state index contributed by atoms with van der Waals surface area (Å²) in [7, 11) is 0. The van der Waals surface area contributed by atoms with Crippen LogP contribution in [0.4, 0.5) is 0 Å². The Morgan fingerprint density at radius 3 is 2.68 bits per heavy atom. The van der Waals surface area contributed by atoms with Gasteiger partial charge in [-0.05, 0) is 26.2 Å². The monoisotopic (exact) mass is 310 g/mol. The largest absolute Gasteiger partial charge is 0.355 e. The molecule has 0 bridgehead atoms. The number of aryl methyl sites for hydroxylation is 2. The molecule has 0 fully saturated rings. The molecule has 1 aromatic rings. The number of hydrogen-bond donors (Lipinski definition) is 2. The number of halogens is 2. The van der Waals surface area contributed by atoms with E-state index in [1.807, 2.05) is 20.0 Å². The summed E-state index contributed by atoms with van der Waals surface area (Å²) >= 11 is 0. The first-order chi connectivity index (χ1) is 8.15. The highest BCUT2D eigenvalue weighted by Crippen LogP contribution is 1.99. The molecule has 1 heterocycles. The lowest BCUT2D eigenvalue weighted by molar-refractivity contribution is -0.122. The van der Waals surface area contributed by atoms with E-state index in [0.29, 0.717) is 13.0 Å². The van der Waals surface area contributed by atoms with E-state index in [-0.39, 0.29) is 36.8 Å². The molecule has 0 radical (unpaired) electrons. The van der Waals surface area contributed by atoms with Crippen LogP contribution in [-0.4, -0.2) is 28.0 Å². The molecule has 0 unspecified atom stereocenters. The Labute approximate surface area is 127 Å². The van der Waals surface area contributed by atoms with Gasteiger partial charge < -0.3 is 15.6 Å². The lowest BCUT2D eigenvalue weighted by atomic mass is 10.2. The van der Waals surface area contributed by atoms with Gasteiger partial charge in [0.1, 0.15) is 5.82 Å². The smallest absolute Gasteiger partial charge is 0.236 e. The standard InChI is InChI=1S/C12H22N4O.2ClH/c1-3-11(13)12(17)15-6-4-5-8-16-9-7-14-10(16)2;;/h7,9,11H,3-6,8,13H2,1-2H3,(H,15,17);2*1H/t11-;;/m0../s1. The molecule has 7 heteroatoms. The third-order valence-electron chi connectivity index (χ3n) is 2.83. The molecule has 1 amide bonds. The quantitative estimate of drug-likeness (QED) is 0.752. The van der Waals surface area contributed by atoms with E-state index in [9.17, 15) is 4.79 Å². The minimum atomic E-state index is -0.370. The summed E-state index contributed by atoms with van der Waals surface area (Å²) in [5, 5.41) is 2.84. The Hall–Kier alpha value is -0.780. The van der Waals surface area contributed by atoms with Crippen LogP contribution in [0.1, 0.15) is 32.0 Å². The number of unbranched alkanes of at least 4 members (excludes halogenated alkanes) is 1. The summed E-state index contributed by atoms with van der Waals surface area (Å²) < 4.78 is 2.11. The average Bonchev–Trinajstić information content (AvgIpc) is 2.73. The normalized spacial score (nSPS) is 11.1. The maximum absolute atomic E-state index is 11.4. The van der Waals surface area contributed by atoms with Crippen LogP contribution in [-0.2, 0) is 11.3 Å². The number of amides is 1. The molecule has 0 saturated heterocycles. The highest BCUT2D eigenvalue weighted by Gasteiger charge is 2.08. The summed E-state index contributed by atoms with van der Waals surface area (Å²) in [6, 6.07) is -0.370. The minimum absolute atomic E-state index is 0. The molecular formula is C12H24Cl2N4O. The lowest BCUT2D eigenvalue weighted by Gasteiger charge is -2.10. The van der Waals surface area contributed by atoms with Gasteiger partial charge in [0.25, 0.3) is 0 Å². The number of aromatic nitrogens is 2. The van der Waals surface area contributed by atoms with Crippen LogP contribution in [0.15, 0.2) is 12.4 Å². The number of nitrogens with one attached hydrogen (secondary N) is 1. The zero-order chi connectivity index (χ0) is 12.7. The Morgan fingerprint density at radius 2 is 2.16 bits per heavy atom. The van der Waals surface area contributed by atoms with Gasteiger partial charge >= 0.3 is 0 Å².